The highest BCUT2D eigenvalue weighted by Crippen LogP contribution is 2.44. The fourth-order valence-corrected chi connectivity index (χ4v) is 1.05. The highest BCUT2D eigenvalue weighted by atomic mass is 16.6. The van der Waals surface area contributed by atoms with E-state index in [-0.39, 0.29) is 0 Å². The molecule has 1 atom stereocenters. The molecule has 0 bridgehead atoms. The van der Waals surface area contributed by atoms with E-state index in [0.29, 0.717) is 6.10 Å². The van der Waals surface area contributed by atoms with Gasteiger partial charge in [0.2, 0.25) is 0 Å². The molecule has 2 aliphatic rings. The van der Waals surface area contributed by atoms with Crippen molar-refractivity contribution in [3.05, 3.63) is 6.10 Å². The van der Waals surface area contributed by atoms with Crippen LogP contribution in [0.4, 0.5) is 0 Å². The zero-order chi connectivity index (χ0) is 3.98. The molecule has 0 aromatic heterocycles. The van der Waals surface area contributed by atoms with E-state index < -0.39 is 0 Å². The Morgan fingerprint density at radius 1 is 1.67 bits per heavy atom. The van der Waals surface area contributed by atoms with Crippen LogP contribution in [0.25, 0.3) is 0 Å². The molecular weight excluding hydrogens is 76.1 g/mol. The molecule has 1 unspecified atom stereocenters. The molecule has 1 heteroatoms. The third-order valence-corrected chi connectivity index (χ3v) is 1.49. The van der Waals surface area contributed by atoms with Crippen molar-refractivity contribution in [3.63, 3.8) is 0 Å². The van der Waals surface area contributed by atoms with Crippen molar-refractivity contribution in [3.8, 4) is 0 Å². The molecule has 2 fully saturated rings. The molecule has 1 aliphatic carbocycles. The molecule has 1 radical (unpaired) electrons. The fraction of sp³-hybridized carbons (Fsp3) is 0.800. The maximum atomic E-state index is 5.07. The minimum absolute atomic E-state index is 0.630. The van der Waals surface area contributed by atoms with Crippen LogP contribution in [0.2, 0.25) is 0 Å². The van der Waals surface area contributed by atoms with E-state index in [1.54, 1.807) is 0 Å². The van der Waals surface area contributed by atoms with Gasteiger partial charge in [-0.2, -0.15) is 0 Å². The van der Waals surface area contributed by atoms with E-state index in [0.717, 1.165) is 0 Å². The lowest BCUT2D eigenvalue weighted by atomic mass is 10.4. The first kappa shape index (κ1) is 3.03. The summed E-state index contributed by atoms with van der Waals surface area (Å²) in [4.78, 5) is 0. The van der Waals surface area contributed by atoms with Crippen molar-refractivity contribution >= 4 is 0 Å². The Kier molecular flexibility index (Phi) is 0.396. The van der Waals surface area contributed by atoms with Crippen LogP contribution in [-0.4, -0.2) is 6.10 Å². The van der Waals surface area contributed by atoms with Crippen LogP contribution in [0.15, 0.2) is 0 Å². The van der Waals surface area contributed by atoms with E-state index >= 15 is 0 Å². The Hall–Kier alpha value is -0.0400. The third kappa shape index (κ3) is 0.243. The first-order valence-electron chi connectivity index (χ1n) is 2.49. The molecule has 0 aromatic rings. The zero-order valence-electron chi connectivity index (χ0n) is 3.61. The van der Waals surface area contributed by atoms with Crippen molar-refractivity contribution in [2.24, 2.45) is 0 Å². The Bertz CT molecular complexity index is 62.3. The Morgan fingerprint density at radius 3 is 2.83 bits per heavy atom. The molecule has 1 aliphatic heterocycles. The van der Waals surface area contributed by atoms with Gasteiger partial charge in [-0.25, -0.2) is 0 Å². The quantitative estimate of drug-likeness (QED) is 0.399. The minimum atomic E-state index is 0.630. The van der Waals surface area contributed by atoms with Crippen molar-refractivity contribution in [2.45, 2.75) is 25.4 Å². The van der Waals surface area contributed by atoms with Crippen molar-refractivity contribution in [2.75, 3.05) is 0 Å². The summed E-state index contributed by atoms with van der Waals surface area (Å²) >= 11 is 0. The molecule has 1 saturated carbocycles. The van der Waals surface area contributed by atoms with Crippen LogP contribution in [0.5, 0.6) is 0 Å². The zero-order valence-corrected chi connectivity index (χ0v) is 3.61. The average molecular weight is 83.1 g/mol. The van der Waals surface area contributed by atoms with Gasteiger partial charge in [-0.3, -0.25) is 0 Å². The number of fused-ring (bicyclic) bond motifs is 1. The lowest BCUT2D eigenvalue weighted by Gasteiger charge is -1.81. The van der Waals surface area contributed by atoms with E-state index in [9.17, 15) is 0 Å². The number of hydrogen-bond acceptors (Lipinski definition) is 1. The molecule has 1 nitrogen and oxygen atoms in total. The first-order valence-corrected chi connectivity index (χ1v) is 2.49. The monoisotopic (exact) mass is 83.0 g/mol. The minimum Gasteiger partial charge on any atom is -0.363 e. The summed E-state index contributed by atoms with van der Waals surface area (Å²) in [6, 6.07) is 0. The molecule has 6 heavy (non-hydrogen) atoms. The van der Waals surface area contributed by atoms with Gasteiger partial charge in [0.25, 0.3) is 0 Å². The second kappa shape index (κ2) is 0.784. The van der Waals surface area contributed by atoms with Gasteiger partial charge in [0, 0.05) is 0 Å². The van der Waals surface area contributed by atoms with Gasteiger partial charge in [-0.1, -0.05) is 0 Å². The number of epoxide rings is 1. The average Bonchev–Trinajstić information content (AvgIpc) is 2.17. The van der Waals surface area contributed by atoms with Gasteiger partial charge in [0.05, 0.1) is 6.10 Å². The highest BCUT2D eigenvalue weighted by Gasteiger charge is 2.43. The first-order chi connectivity index (χ1) is 2.97. The van der Waals surface area contributed by atoms with Gasteiger partial charge < -0.3 is 4.74 Å². The molecule has 0 amide bonds. The third-order valence-electron chi connectivity index (χ3n) is 1.49. The maximum absolute atomic E-state index is 5.07. The smallest absolute Gasteiger partial charge is 0.126 e. The lowest BCUT2D eigenvalue weighted by molar-refractivity contribution is 0.358. The summed E-state index contributed by atoms with van der Waals surface area (Å²) in [6.07, 6.45) is 5.93. The summed E-state index contributed by atoms with van der Waals surface area (Å²) < 4.78 is 5.07. The van der Waals surface area contributed by atoms with Crippen molar-refractivity contribution in [1.82, 2.24) is 0 Å². The van der Waals surface area contributed by atoms with Crippen LogP contribution in [0, 0.1) is 6.10 Å². The topological polar surface area (TPSA) is 12.5 Å². The van der Waals surface area contributed by atoms with Crippen LogP contribution < -0.4 is 0 Å². The lowest BCUT2D eigenvalue weighted by Crippen LogP contribution is -1.72. The number of hydrogen-bond donors (Lipinski definition) is 0. The Labute approximate surface area is 37.3 Å². The van der Waals surface area contributed by atoms with E-state index in [2.05, 4.69) is 0 Å². The van der Waals surface area contributed by atoms with E-state index in [4.69, 9.17) is 4.74 Å². The summed E-state index contributed by atoms with van der Waals surface area (Å²) in [5, 5.41) is 0. The normalized spacial score (nSPS) is 43.0. The highest BCUT2D eigenvalue weighted by molar-refractivity contribution is 5.07. The second-order valence-corrected chi connectivity index (χ2v) is 1.97. The second-order valence-electron chi connectivity index (χ2n) is 1.97. The largest absolute Gasteiger partial charge is 0.363 e. The summed E-state index contributed by atoms with van der Waals surface area (Å²) in [5.41, 5.74) is 0. The maximum Gasteiger partial charge on any atom is 0.126 e. The van der Waals surface area contributed by atoms with E-state index in [1.807, 2.05) is 0 Å². The number of ether oxygens (including phenoxy) is 1. The van der Waals surface area contributed by atoms with Gasteiger partial charge in [-0.15, -0.1) is 0 Å². The molecule has 2 rings (SSSR count). The molecule has 0 aromatic carbocycles. The standard InChI is InChI=1S/C5H7O/c1-2-4-5(3-1)6-4/h4H,1-3H2. The predicted octanol–water partition coefficient (Wildman–Crippen LogP) is 1.10. The molecule has 1 heterocycles. The van der Waals surface area contributed by atoms with Gasteiger partial charge >= 0.3 is 0 Å². The Morgan fingerprint density at radius 2 is 2.67 bits per heavy atom. The number of rotatable bonds is 0. The van der Waals surface area contributed by atoms with Crippen LogP contribution in [0.1, 0.15) is 19.3 Å². The predicted molar refractivity (Wildman–Crippen MR) is 22.0 cm³/mol. The summed E-state index contributed by atoms with van der Waals surface area (Å²) in [5.74, 6) is 0. The van der Waals surface area contributed by atoms with Crippen LogP contribution in [0.3, 0.4) is 0 Å². The molecule has 33 valence electrons. The SMILES string of the molecule is C1C[C]2OC2C1. The van der Waals surface area contributed by atoms with Gasteiger partial charge in [0.1, 0.15) is 6.10 Å². The van der Waals surface area contributed by atoms with Crippen molar-refractivity contribution < 1.29 is 4.74 Å². The molecule has 0 spiro atoms. The van der Waals surface area contributed by atoms with Crippen LogP contribution in [-0.2, 0) is 4.74 Å². The van der Waals surface area contributed by atoms with Gasteiger partial charge in [-0.05, 0) is 19.3 Å². The summed E-state index contributed by atoms with van der Waals surface area (Å²) in [7, 11) is 0. The summed E-state index contributed by atoms with van der Waals surface area (Å²) in [6.45, 7) is 0. The molecule has 0 N–H and O–H groups in total. The van der Waals surface area contributed by atoms with Crippen LogP contribution >= 0.6 is 0 Å². The molecular formula is C5H7O. The van der Waals surface area contributed by atoms with Crippen molar-refractivity contribution in [1.29, 1.82) is 0 Å². The van der Waals surface area contributed by atoms with Gasteiger partial charge in [0.15, 0.2) is 0 Å². The van der Waals surface area contributed by atoms with E-state index in [1.165, 1.54) is 25.4 Å². The molecule has 1 saturated heterocycles. The fourth-order valence-electron chi connectivity index (χ4n) is 1.05. The Balaban J connectivity index is 2.09.